The van der Waals surface area contributed by atoms with Crippen molar-refractivity contribution < 1.29 is 23.7 Å². The third-order valence-electron chi connectivity index (χ3n) is 2.92. The molecular formula is C18H20O5. The van der Waals surface area contributed by atoms with Crippen LogP contribution in [0.25, 0.3) is 0 Å². The maximum atomic E-state index is 10.8. The summed E-state index contributed by atoms with van der Waals surface area (Å²) < 4.78 is 21.6. The Morgan fingerprint density at radius 1 is 0.870 bits per heavy atom. The highest BCUT2D eigenvalue weighted by Crippen LogP contribution is 2.12. The van der Waals surface area contributed by atoms with Crippen LogP contribution in [0.15, 0.2) is 60.7 Å². The fourth-order valence-corrected chi connectivity index (χ4v) is 1.77. The molecule has 122 valence electrons. The Hall–Kier alpha value is -2.53. The van der Waals surface area contributed by atoms with Gasteiger partial charge in [-0.1, -0.05) is 36.4 Å². The number of carbonyl (C=O) groups excluding carboxylic acids is 1. The lowest BCUT2D eigenvalue weighted by Crippen LogP contribution is -2.30. The standard InChI is InChI=1S/C18H20O5/c1-15(19)22-14-23-18(12-20-16-8-4-2-5-9-16)13-21-17-10-6-3-7-11-17/h2-11,18H,12-14H2,1H3. The van der Waals surface area contributed by atoms with Crippen LogP contribution in [0, 0.1) is 0 Å². The van der Waals surface area contributed by atoms with Crippen molar-refractivity contribution in [3.63, 3.8) is 0 Å². The molecule has 0 atom stereocenters. The Balaban J connectivity index is 1.84. The molecule has 2 aromatic carbocycles. The summed E-state index contributed by atoms with van der Waals surface area (Å²) in [5, 5.41) is 0. The van der Waals surface area contributed by atoms with Crippen molar-refractivity contribution >= 4 is 5.97 Å². The molecule has 23 heavy (non-hydrogen) atoms. The van der Waals surface area contributed by atoms with Crippen LogP contribution in [0.4, 0.5) is 0 Å². The van der Waals surface area contributed by atoms with Gasteiger partial charge in [0.25, 0.3) is 0 Å². The van der Waals surface area contributed by atoms with E-state index in [1.54, 1.807) is 0 Å². The molecule has 0 aliphatic heterocycles. The number of esters is 1. The van der Waals surface area contributed by atoms with Crippen LogP contribution in [0.2, 0.25) is 0 Å². The predicted octanol–water partition coefficient (Wildman–Crippen LogP) is 3.05. The van der Waals surface area contributed by atoms with E-state index in [1.807, 2.05) is 60.7 Å². The van der Waals surface area contributed by atoms with Gasteiger partial charge in [-0.2, -0.15) is 0 Å². The number of hydrogen-bond acceptors (Lipinski definition) is 5. The summed E-state index contributed by atoms with van der Waals surface area (Å²) in [6.07, 6.45) is -0.366. The van der Waals surface area contributed by atoms with E-state index >= 15 is 0 Å². The van der Waals surface area contributed by atoms with Crippen molar-refractivity contribution in [2.24, 2.45) is 0 Å². The van der Waals surface area contributed by atoms with E-state index in [0.29, 0.717) is 0 Å². The molecule has 5 heteroatoms. The average molecular weight is 316 g/mol. The van der Waals surface area contributed by atoms with Crippen LogP contribution < -0.4 is 9.47 Å². The van der Waals surface area contributed by atoms with Crippen molar-refractivity contribution in [2.75, 3.05) is 20.0 Å². The highest BCUT2D eigenvalue weighted by molar-refractivity contribution is 5.65. The van der Waals surface area contributed by atoms with Gasteiger partial charge in [0.15, 0.2) is 6.79 Å². The van der Waals surface area contributed by atoms with Gasteiger partial charge in [0, 0.05) is 6.92 Å². The summed E-state index contributed by atoms with van der Waals surface area (Å²) in [6.45, 7) is 1.78. The smallest absolute Gasteiger partial charge is 0.304 e. The number of para-hydroxylation sites is 2. The molecular weight excluding hydrogens is 296 g/mol. The second-order valence-electron chi connectivity index (χ2n) is 4.79. The first-order valence-electron chi connectivity index (χ1n) is 7.34. The fraction of sp³-hybridized carbons (Fsp3) is 0.278. The second-order valence-corrected chi connectivity index (χ2v) is 4.79. The lowest BCUT2D eigenvalue weighted by molar-refractivity contribution is -0.161. The maximum absolute atomic E-state index is 10.8. The summed E-state index contributed by atoms with van der Waals surface area (Å²) in [6, 6.07) is 18.9. The monoisotopic (exact) mass is 316 g/mol. The zero-order chi connectivity index (χ0) is 16.3. The summed E-state index contributed by atoms with van der Waals surface area (Å²) in [7, 11) is 0. The Kier molecular flexibility index (Phi) is 6.94. The number of ether oxygens (including phenoxy) is 4. The van der Waals surface area contributed by atoms with Gasteiger partial charge in [-0.25, -0.2) is 0 Å². The van der Waals surface area contributed by atoms with E-state index in [0.717, 1.165) is 11.5 Å². The summed E-state index contributed by atoms with van der Waals surface area (Å²) in [5.74, 6) is 1.10. The number of rotatable bonds is 9. The summed E-state index contributed by atoms with van der Waals surface area (Å²) in [4.78, 5) is 10.8. The third-order valence-corrected chi connectivity index (χ3v) is 2.92. The van der Waals surface area contributed by atoms with E-state index in [2.05, 4.69) is 0 Å². The molecule has 0 amide bonds. The molecule has 0 unspecified atom stereocenters. The minimum absolute atomic E-state index is 0.129. The average Bonchev–Trinajstić information content (AvgIpc) is 2.58. The Bertz CT molecular complexity index is 527. The van der Waals surface area contributed by atoms with Gasteiger partial charge >= 0.3 is 5.97 Å². The Morgan fingerprint density at radius 2 is 1.35 bits per heavy atom. The van der Waals surface area contributed by atoms with Crippen molar-refractivity contribution in [3.8, 4) is 11.5 Å². The first kappa shape index (κ1) is 16.8. The molecule has 0 aromatic heterocycles. The fourth-order valence-electron chi connectivity index (χ4n) is 1.77. The van der Waals surface area contributed by atoms with Crippen LogP contribution in [-0.2, 0) is 14.3 Å². The van der Waals surface area contributed by atoms with Crippen LogP contribution in [-0.4, -0.2) is 32.1 Å². The number of carbonyl (C=O) groups is 1. The highest BCUT2D eigenvalue weighted by atomic mass is 16.7. The van der Waals surface area contributed by atoms with Crippen molar-refractivity contribution in [3.05, 3.63) is 60.7 Å². The van der Waals surface area contributed by atoms with Gasteiger partial charge in [0.2, 0.25) is 0 Å². The Labute approximate surface area is 135 Å². The van der Waals surface area contributed by atoms with Crippen molar-refractivity contribution in [1.82, 2.24) is 0 Å². The Morgan fingerprint density at radius 3 is 1.78 bits per heavy atom. The zero-order valence-corrected chi connectivity index (χ0v) is 13.0. The van der Waals surface area contributed by atoms with E-state index in [4.69, 9.17) is 18.9 Å². The van der Waals surface area contributed by atoms with Crippen LogP contribution in [0.3, 0.4) is 0 Å². The highest BCUT2D eigenvalue weighted by Gasteiger charge is 2.12. The van der Waals surface area contributed by atoms with Crippen LogP contribution in [0.5, 0.6) is 11.5 Å². The molecule has 0 aliphatic carbocycles. The largest absolute Gasteiger partial charge is 0.491 e. The molecule has 2 rings (SSSR count). The number of hydrogen-bond donors (Lipinski definition) is 0. The van der Waals surface area contributed by atoms with E-state index in [9.17, 15) is 4.79 Å². The zero-order valence-electron chi connectivity index (χ0n) is 13.0. The first-order valence-corrected chi connectivity index (χ1v) is 7.34. The molecule has 0 fully saturated rings. The lowest BCUT2D eigenvalue weighted by atomic mass is 10.3. The quantitative estimate of drug-likeness (QED) is 0.526. The van der Waals surface area contributed by atoms with Crippen molar-refractivity contribution in [1.29, 1.82) is 0 Å². The maximum Gasteiger partial charge on any atom is 0.304 e. The third kappa shape index (κ3) is 6.84. The molecule has 5 nitrogen and oxygen atoms in total. The summed E-state index contributed by atoms with van der Waals surface area (Å²) in [5.41, 5.74) is 0. The van der Waals surface area contributed by atoms with E-state index in [-0.39, 0.29) is 26.1 Å². The minimum Gasteiger partial charge on any atom is -0.491 e. The van der Waals surface area contributed by atoms with Gasteiger partial charge in [-0.05, 0) is 24.3 Å². The van der Waals surface area contributed by atoms with Gasteiger partial charge in [0.05, 0.1) is 0 Å². The first-order chi connectivity index (χ1) is 11.2. The molecule has 0 saturated carbocycles. The number of benzene rings is 2. The SMILES string of the molecule is CC(=O)OCOC(COc1ccccc1)COc1ccccc1. The molecule has 0 N–H and O–H groups in total. The van der Waals surface area contributed by atoms with E-state index < -0.39 is 5.97 Å². The molecule has 0 spiro atoms. The normalized spacial score (nSPS) is 10.3. The molecule has 0 saturated heterocycles. The van der Waals surface area contributed by atoms with E-state index in [1.165, 1.54) is 6.92 Å². The molecule has 0 heterocycles. The van der Waals surface area contributed by atoms with Crippen molar-refractivity contribution in [2.45, 2.75) is 13.0 Å². The van der Waals surface area contributed by atoms with Gasteiger partial charge in [0.1, 0.15) is 30.8 Å². The topological polar surface area (TPSA) is 54.0 Å². The predicted molar refractivity (Wildman–Crippen MR) is 85.4 cm³/mol. The van der Waals surface area contributed by atoms with Crippen LogP contribution in [0.1, 0.15) is 6.92 Å². The van der Waals surface area contributed by atoms with Gasteiger partial charge < -0.3 is 18.9 Å². The molecule has 0 radical (unpaired) electrons. The van der Waals surface area contributed by atoms with Crippen LogP contribution >= 0.6 is 0 Å². The van der Waals surface area contributed by atoms with Gasteiger partial charge in [-0.15, -0.1) is 0 Å². The minimum atomic E-state index is -0.392. The summed E-state index contributed by atoms with van der Waals surface area (Å²) >= 11 is 0. The second kappa shape index (κ2) is 9.48. The molecule has 2 aromatic rings. The lowest BCUT2D eigenvalue weighted by Gasteiger charge is -2.19. The van der Waals surface area contributed by atoms with Gasteiger partial charge in [-0.3, -0.25) is 4.79 Å². The molecule has 0 aliphatic rings. The molecule has 0 bridgehead atoms.